The van der Waals surface area contributed by atoms with E-state index in [0.29, 0.717) is 16.4 Å². The van der Waals surface area contributed by atoms with Crippen molar-refractivity contribution in [2.45, 2.75) is 9.79 Å². The SMILES string of the molecule is O=S(=O)(O)c1ccccc1-c1cccc(P)c1-c1ccccc1S(=O)(=O)O. The quantitative estimate of drug-likeness (QED) is 0.494. The van der Waals surface area contributed by atoms with Gasteiger partial charge in [-0.15, -0.1) is 9.24 Å². The molecule has 0 amide bonds. The Bertz CT molecular complexity index is 1230. The summed E-state index contributed by atoms with van der Waals surface area (Å²) in [5, 5.41) is 0.591. The zero-order valence-electron chi connectivity index (χ0n) is 13.8. The molecular formula is C18H15O6PS2. The molecule has 1 unspecified atom stereocenters. The average molecular weight is 422 g/mol. The topological polar surface area (TPSA) is 109 Å². The number of hydrogen-bond donors (Lipinski definition) is 2. The van der Waals surface area contributed by atoms with Crippen LogP contribution in [0.5, 0.6) is 0 Å². The van der Waals surface area contributed by atoms with Crippen LogP contribution in [0, 0.1) is 0 Å². The summed E-state index contributed by atoms with van der Waals surface area (Å²) in [5.74, 6) is 0. The van der Waals surface area contributed by atoms with Gasteiger partial charge in [-0.2, -0.15) is 16.8 Å². The smallest absolute Gasteiger partial charge is 0.282 e. The molecule has 0 aliphatic heterocycles. The third-order valence-corrected chi connectivity index (χ3v) is 6.29. The summed E-state index contributed by atoms with van der Waals surface area (Å²) in [4.78, 5) is -0.600. The molecule has 27 heavy (non-hydrogen) atoms. The predicted octanol–water partition coefficient (Wildman–Crippen LogP) is 3.01. The first-order valence-corrected chi connectivity index (χ1v) is 11.1. The van der Waals surface area contributed by atoms with Gasteiger partial charge < -0.3 is 0 Å². The van der Waals surface area contributed by atoms with Crippen LogP contribution in [0.4, 0.5) is 0 Å². The van der Waals surface area contributed by atoms with E-state index in [2.05, 4.69) is 9.24 Å². The third-order valence-electron chi connectivity index (χ3n) is 3.99. The summed E-state index contributed by atoms with van der Waals surface area (Å²) in [6.45, 7) is 0. The molecule has 3 rings (SSSR count). The number of benzene rings is 3. The maximum atomic E-state index is 11.8. The fourth-order valence-corrected chi connectivity index (χ4v) is 4.73. The van der Waals surface area contributed by atoms with Crippen LogP contribution in [-0.2, 0) is 20.2 Å². The molecule has 0 aliphatic rings. The second-order valence-electron chi connectivity index (χ2n) is 5.71. The van der Waals surface area contributed by atoms with Crippen LogP contribution in [0.3, 0.4) is 0 Å². The van der Waals surface area contributed by atoms with Crippen molar-refractivity contribution in [2.24, 2.45) is 0 Å². The standard InChI is InChI=1S/C18H15O6PS2/c19-26(20,21)16-10-3-1-6-12(16)13-8-5-9-15(25)18(13)14-7-2-4-11-17(14)27(22,23)24/h1-11H,25H2,(H,19,20,21)(H,22,23,24). The van der Waals surface area contributed by atoms with Crippen LogP contribution < -0.4 is 5.30 Å². The molecule has 0 heterocycles. The van der Waals surface area contributed by atoms with E-state index in [9.17, 15) is 25.9 Å². The van der Waals surface area contributed by atoms with Crippen LogP contribution >= 0.6 is 9.24 Å². The first kappa shape index (κ1) is 19.7. The van der Waals surface area contributed by atoms with Crippen molar-refractivity contribution >= 4 is 34.8 Å². The monoisotopic (exact) mass is 422 g/mol. The highest BCUT2D eigenvalue weighted by Gasteiger charge is 2.23. The van der Waals surface area contributed by atoms with Crippen molar-refractivity contribution in [3.63, 3.8) is 0 Å². The lowest BCUT2D eigenvalue weighted by atomic mass is 9.94. The Hall–Kier alpha value is -2.09. The minimum absolute atomic E-state index is 0.212. The molecule has 140 valence electrons. The van der Waals surface area contributed by atoms with Crippen LogP contribution in [0.25, 0.3) is 22.3 Å². The molecule has 9 heteroatoms. The highest BCUT2D eigenvalue weighted by Crippen LogP contribution is 2.37. The summed E-state index contributed by atoms with van der Waals surface area (Å²) < 4.78 is 66.4. The summed E-state index contributed by atoms with van der Waals surface area (Å²) in [6, 6.07) is 16.7. The molecule has 0 aliphatic carbocycles. The molecule has 3 aromatic carbocycles. The molecule has 0 radical (unpaired) electrons. The van der Waals surface area contributed by atoms with Crippen molar-refractivity contribution in [1.82, 2.24) is 0 Å². The van der Waals surface area contributed by atoms with Gasteiger partial charge in [-0.1, -0.05) is 54.6 Å². The predicted molar refractivity (Wildman–Crippen MR) is 106 cm³/mol. The van der Waals surface area contributed by atoms with Gasteiger partial charge in [0.15, 0.2) is 0 Å². The van der Waals surface area contributed by atoms with E-state index in [1.54, 1.807) is 30.3 Å². The molecule has 0 saturated carbocycles. The Balaban J connectivity index is 2.43. The number of rotatable bonds is 4. The van der Waals surface area contributed by atoms with E-state index < -0.39 is 20.2 Å². The molecule has 0 aromatic heterocycles. The van der Waals surface area contributed by atoms with E-state index >= 15 is 0 Å². The van der Waals surface area contributed by atoms with E-state index in [1.807, 2.05) is 0 Å². The van der Waals surface area contributed by atoms with Crippen molar-refractivity contribution < 1.29 is 25.9 Å². The zero-order valence-corrected chi connectivity index (χ0v) is 16.6. The van der Waals surface area contributed by atoms with Crippen molar-refractivity contribution in [3.8, 4) is 22.3 Å². The molecule has 0 spiro atoms. The van der Waals surface area contributed by atoms with Gasteiger partial charge in [-0.3, -0.25) is 9.11 Å². The molecule has 0 fully saturated rings. The first-order valence-electron chi connectivity index (χ1n) is 7.63. The maximum absolute atomic E-state index is 11.8. The van der Waals surface area contributed by atoms with E-state index in [4.69, 9.17) is 0 Å². The third kappa shape index (κ3) is 3.95. The summed E-state index contributed by atoms with van der Waals surface area (Å²) in [6.07, 6.45) is 0. The molecule has 0 bridgehead atoms. The Morgan fingerprint density at radius 3 is 1.59 bits per heavy atom. The molecule has 2 N–H and O–H groups in total. The van der Waals surface area contributed by atoms with Crippen molar-refractivity contribution in [2.75, 3.05) is 0 Å². The average Bonchev–Trinajstić information content (AvgIpc) is 2.60. The van der Waals surface area contributed by atoms with Crippen LogP contribution in [0.1, 0.15) is 0 Å². The first-order chi connectivity index (χ1) is 12.6. The van der Waals surface area contributed by atoms with Gasteiger partial charge in [0.1, 0.15) is 9.79 Å². The molecular weight excluding hydrogens is 407 g/mol. The zero-order chi connectivity index (χ0) is 19.8. The van der Waals surface area contributed by atoms with Gasteiger partial charge in [0, 0.05) is 11.1 Å². The fourth-order valence-electron chi connectivity index (χ4n) is 2.91. The largest absolute Gasteiger partial charge is 0.295 e. The summed E-state index contributed by atoms with van der Waals surface area (Å²) >= 11 is 0. The van der Waals surface area contributed by atoms with Gasteiger partial charge in [-0.25, -0.2) is 0 Å². The fraction of sp³-hybridized carbons (Fsp3) is 0. The summed E-state index contributed by atoms with van der Waals surface area (Å²) in [5.41, 5.74) is 1.23. The Kier molecular flexibility index (Phi) is 5.20. The van der Waals surface area contributed by atoms with E-state index in [-0.39, 0.29) is 20.9 Å². The Morgan fingerprint density at radius 2 is 1.04 bits per heavy atom. The molecule has 0 saturated heterocycles. The van der Waals surface area contributed by atoms with Crippen LogP contribution in [-0.4, -0.2) is 25.9 Å². The Labute approximate surface area is 159 Å². The molecule has 1 atom stereocenters. The molecule has 6 nitrogen and oxygen atoms in total. The van der Waals surface area contributed by atoms with Gasteiger partial charge in [-0.05, 0) is 28.6 Å². The number of hydrogen-bond acceptors (Lipinski definition) is 4. The lowest BCUT2D eigenvalue weighted by Gasteiger charge is -2.17. The highest BCUT2D eigenvalue weighted by molar-refractivity contribution is 7.86. The van der Waals surface area contributed by atoms with Crippen LogP contribution in [0.2, 0.25) is 0 Å². The highest BCUT2D eigenvalue weighted by atomic mass is 32.2. The molecule has 3 aromatic rings. The second-order valence-corrected chi connectivity index (χ2v) is 9.11. The second kappa shape index (κ2) is 7.14. The van der Waals surface area contributed by atoms with Gasteiger partial charge in [0.05, 0.1) is 0 Å². The van der Waals surface area contributed by atoms with Crippen LogP contribution in [0.15, 0.2) is 76.5 Å². The lowest BCUT2D eigenvalue weighted by molar-refractivity contribution is 0.481. The maximum Gasteiger partial charge on any atom is 0.295 e. The normalized spacial score (nSPS) is 12.1. The van der Waals surface area contributed by atoms with Crippen molar-refractivity contribution in [3.05, 3.63) is 66.7 Å². The van der Waals surface area contributed by atoms with E-state index in [1.165, 1.54) is 36.4 Å². The minimum Gasteiger partial charge on any atom is -0.282 e. The van der Waals surface area contributed by atoms with E-state index in [0.717, 1.165) is 0 Å². The van der Waals surface area contributed by atoms with Gasteiger partial charge in [0.25, 0.3) is 20.2 Å². The Morgan fingerprint density at radius 1 is 0.593 bits per heavy atom. The minimum atomic E-state index is -4.51. The van der Waals surface area contributed by atoms with Crippen molar-refractivity contribution in [1.29, 1.82) is 0 Å². The summed E-state index contributed by atoms with van der Waals surface area (Å²) in [7, 11) is -6.55. The van der Waals surface area contributed by atoms with Gasteiger partial charge in [0.2, 0.25) is 0 Å². The van der Waals surface area contributed by atoms with Gasteiger partial charge >= 0.3 is 0 Å². The lowest BCUT2D eigenvalue weighted by Crippen LogP contribution is -2.07.